The molecule has 0 amide bonds. The lowest BCUT2D eigenvalue weighted by atomic mass is 10.2. The van der Waals surface area contributed by atoms with E-state index in [2.05, 4.69) is 26.1 Å². The molecule has 0 bridgehead atoms. The van der Waals surface area contributed by atoms with Crippen molar-refractivity contribution in [3.05, 3.63) is 56.4 Å². The minimum atomic E-state index is -0.347. The summed E-state index contributed by atoms with van der Waals surface area (Å²) in [5.74, 6) is 0. The number of hydrogen-bond donors (Lipinski definition) is 1. The van der Waals surface area contributed by atoms with Crippen molar-refractivity contribution in [1.29, 1.82) is 0 Å². The van der Waals surface area contributed by atoms with Gasteiger partial charge in [0.25, 0.3) is 5.56 Å². The Hall–Kier alpha value is -1.56. The van der Waals surface area contributed by atoms with Gasteiger partial charge in [-0.25, -0.2) is 5.10 Å². The lowest BCUT2D eigenvalue weighted by Gasteiger charge is -2.36. The Balaban J connectivity index is 1.63. The molecule has 116 valence electrons. The Bertz CT molecular complexity index is 711. The van der Waals surface area contributed by atoms with Crippen LogP contribution in [0.25, 0.3) is 0 Å². The zero-order valence-corrected chi connectivity index (χ0v) is 13.4. The van der Waals surface area contributed by atoms with Crippen LogP contribution in [0, 0.1) is 0 Å². The Morgan fingerprint density at radius 3 is 2.68 bits per heavy atom. The predicted molar refractivity (Wildman–Crippen MR) is 88.8 cm³/mol. The van der Waals surface area contributed by atoms with Crippen LogP contribution in [0.1, 0.15) is 5.56 Å². The molecular weight excluding hydrogens is 323 g/mol. The van der Waals surface area contributed by atoms with Gasteiger partial charge in [0.1, 0.15) is 5.02 Å². The number of aromatic amines is 1. The molecule has 0 spiro atoms. The number of hydrogen-bond acceptors (Lipinski definition) is 4. The molecule has 5 nitrogen and oxygen atoms in total. The summed E-state index contributed by atoms with van der Waals surface area (Å²) in [4.78, 5) is 16.0. The highest BCUT2D eigenvalue weighted by atomic mass is 35.5. The maximum Gasteiger partial charge on any atom is 0.285 e. The second-order valence-electron chi connectivity index (χ2n) is 5.29. The van der Waals surface area contributed by atoms with E-state index in [0.717, 1.165) is 37.7 Å². The summed E-state index contributed by atoms with van der Waals surface area (Å²) in [6.45, 7) is 4.29. The molecule has 0 saturated carbocycles. The molecule has 1 saturated heterocycles. The van der Waals surface area contributed by atoms with Crippen LogP contribution < -0.4 is 10.5 Å². The Labute approximate surface area is 138 Å². The molecule has 0 radical (unpaired) electrons. The SMILES string of the molecule is O=c1[nH]ncc(N2CCN(Cc3cccc(Cl)c3)CC2)c1Cl. The third-order valence-corrected chi connectivity index (χ3v) is 4.39. The first-order valence-electron chi connectivity index (χ1n) is 7.08. The van der Waals surface area contributed by atoms with Gasteiger partial charge in [0.2, 0.25) is 0 Å². The van der Waals surface area contributed by atoms with Crippen molar-refractivity contribution in [1.82, 2.24) is 15.1 Å². The number of rotatable bonds is 3. The van der Waals surface area contributed by atoms with E-state index in [9.17, 15) is 4.79 Å². The number of aromatic nitrogens is 2. The molecule has 1 fully saturated rings. The molecule has 2 aromatic rings. The minimum Gasteiger partial charge on any atom is -0.366 e. The number of anilines is 1. The van der Waals surface area contributed by atoms with Gasteiger partial charge in [-0.2, -0.15) is 5.10 Å². The van der Waals surface area contributed by atoms with Gasteiger partial charge in [-0.05, 0) is 17.7 Å². The van der Waals surface area contributed by atoms with Gasteiger partial charge in [-0.15, -0.1) is 0 Å². The average molecular weight is 339 g/mol. The van der Waals surface area contributed by atoms with Gasteiger partial charge >= 0.3 is 0 Å². The molecule has 1 aliphatic heterocycles. The molecule has 1 aromatic heterocycles. The molecular formula is C15H16Cl2N4O. The van der Waals surface area contributed by atoms with Gasteiger partial charge in [0.15, 0.2) is 0 Å². The number of benzene rings is 1. The summed E-state index contributed by atoms with van der Waals surface area (Å²) in [6.07, 6.45) is 1.61. The van der Waals surface area contributed by atoms with Crippen LogP contribution in [0.2, 0.25) is 10.0 Å². The summed E-state index contributed by atoms with van der Waals surface area (Å²) in [6, 6.07) is 7.92. The van der Waals surface area contributed by atoms with E-state index in [-0.39, 0.29) is 10.6 Å². The van der Waals surface area contributed by atoms with E-state index in [0.29, 0.717) is 5.69 Å². The molecule has 0 aliphatic carbocycles. The fourth-order valence-electron chi connectivity index (χ4n) is 2.63. The van der Waals surface area contributed by atoms with Crippen molar-refractivity contribution in [2.24, 2.45) is 0 Å². The number of H-pyrrole nitrogens is 1. The third kappa shape index (κ3) is 3.43. The predicted octanol–water partition coefficient (Wildman–Crippen LogP) is 2.40. The molecule has 0 unspecified atom stereocenters. The van der Waals surface area contributed by atoms with E-state index in [4.69, 9.17) is 23.2 Å². The van der Waals surface area contributed by atoms with Gasteiger partial charge in [-0.3, -0.25) is 9.69 Å². The van der Waals surface area contributed by atoms with Gasteiger partial charge in [-0.1, -0.05) is 35.3 Å². The van der Waals surface area contributed by atoms with Crippen molar-refractivity contribution in [3.63, 3.8) is 0 Å². The largest absolute Gasteiger partial charge is 0.366 e. The Morgan fingerprint density at radius 2 is 1.95 bits per heavy atom. The van der Waals surface area contributed by atoms with Crippen molar-refractivity contribution < 1.29 is 0 Å². The van der Waals surface area contributed by atoms with Crippen LogP contribution in [0.15, 0.2) is 35.3 Å². The van der Waals surface area contributed by atoms with Crippen LogP contribution in [0.5, 0.6) is 0 Å². The molecule has 1 N–H and O–H groups in total. The molecule has 1 aromatic carbocycles. The fraction of sp³-hybridized carbons (Fsp3) is 0.333. The van der Waals surface area contributed by atoms with Gasteiger partial charge in [0, 0.05) is 37.7 Å². The van der Waals surface area contributed by atoms with Crippen molar-refractivity contribution >= 4 is 28.9 Å². The Morgan fingerprint density at radius 1 is 1.18 bits per heavy atom. The maximum absolute atomic E-state index is 11.5. The first-order chi connectivity index (χ1) is 10.6. The van der Waals surface area contributed by atoms with Crippen molar-refractivity contribution in [2.75, 3.05) is 31.1 Å². The first kappa shape index (κ1) is 15.3. The summed E-state index contributed by atoms with van der Waals surface area (Å²) in [7, 11) is 0. The lowest BCUT2D eigenvalue weighted by molar-refractivity contribution is 0.250. The van der Waals surface area contributed by atoms with Crippen LogP contribution in [-0.2, 0) is 6.54 Å². The number of piperazine rings is 1. The third-order valence-electron chi connectivity index (χ3n) is 3.79. The number of halogens is 2. The lowest BCUT2D eigenvalue weighted by Crippen LogP contribution is -2.46. The summed E-state index contributed by atoms with van der Waals surface area (Å²) in [5.41, 5.74) is 1.56. The molecule has 2 heterocycles. The zero-order valence-electron chi connectivity index (χ0n) is 11.9. The topological polar surface area (TPSA) is 52.2 Å². The average Bonchev–Trinajstić information content (AvgIpc) is 2.51. The smallest absolute Gasteiger partial charge is 0.285 e. The molecule has 0 atom stereocenters. The van der Waals surface area contributed by atoms with Crippen LogP contribution >= 0.6 is 23.2 Å². The van der Waals surface area contributed by atoms with E-state index >= 15 is 0 Å². The molecule has 7 heteroatoms. The highest BCUT2D eigenvalue weighted by molar-refractivity contribution is 6.33. The minimum absolute atomic E-state index is 0.207. The van der Waals surface area contributed by atoms with Crippen LogP contribution in [-0.4, -0.2) is 41.3 Å². The Kier molecular flexibility index (Phi) is 4.66. The molecule has 1 aliphatic rings. The standard InChI is InChI=1S/C15H16Cl2N4O/c16-12-3-1-2-11(8-12)10-20-4-6-21(7-5-20)13-9-18-19-15(22)14(13)17/h1-3,8-9H,4-7,10H2,(H,19,22). The fourth-order valence-corrected chi connectivity index (χ4v) is 3.06. The zero-order chi connectivity index (χ0) is 15.5. The highest BCUT2D eigenvalue weighted by Crippen LogP contribution is 2.22. The quantitative estimate of drug-likeness (QED) is 0.933. The summed E-state index contributed by atoms with van der Waals surface area (Å²) in [5, 5.41) is 7.13. The maximum atomic E-state index is 11.5. The summed E-state index contributed by atoms with van der Waals surface area (Å²) >= 11 is 12.1. The second-order valence-corrected chi connectivity index (χ2v) is 6.11. The second kappa shape index (κ2) is 6.69. The number of nitrogens with one attached hydrogen (secondary N) is 1. The van der Waals surface area contributed by atoms with Gasteiger partial charge in [0.05, 0.1) is 11.9 Å². The van der Waals surface area contributed by atoms with Crippen LogP contribution in [0.4, 0.5) is 5.69 Å². The van der Waals surface area contributed by atoms with E-state index < -0.39 is 0 Å². The van der Waals surface area contributed by atoms with E-state index in [1.165, 1.54) is 5.56 Å². The van der Waals surface area contributed by atoms with Crippen molar-refractivity contribution in [2.45, 2.75) is 6.54 Å². The highest BCUT2D eigenvalue weighted by Gasteiger charge is 2.20. The van der Waals surface area contributed by atoms with Crippen molar-refractivity contribution in [3.8, 4) is 0 Å². The summed E-state index contributed by atoms with van der Waals surface area (Å²) < 4.78 is 0. The number of nitrogens with zero attached hydrogens (tertiary/aromatic N) is 3. The van der Waals surface area contributed by atoms with Gasteiger partial charge < -0.3 is 4.90 Å². The monoisotopic (exact) mass is 338 g/mol. The normalized spacial score (nSPS) is 16.0. The van der Waals surface area contributed by atoms with E-state index in [1.54, 1.807) is 6.20 Å². The molecule has 3 rings (SSSR count). The van der Waals surface area contributed by atoms with E-state index in [1.807, 2.05) is 18.2 Å². The first-order valence-corrected chi connectivity index (χ1v) is 7.84. The van der Waals surface area contributed by atoms with Crippen LogP contribution in [0.3, 0.4) is 0 Å². The molecule has 22 heavy (non-hydrogen) atoms.